The molecule has 3 heterocycles. The maximum atomic E-state index is 14.2. The Hall–Kier alpha value is -3.39. The molecule has 3 aromatic rings. The highest BCUT2D eigenvalue weighted by Crippen LogP contribution is 2.38. The Morgan fingerprint density at radius 2 is 2.06 bits per heavy atom. The fourth-order valence-corrected chi connectivity index (χ4v) is 4.25. The summed E-state index contributed by atoms with van der Waals surface area (Å²) in [5, 5.41) is 7.68. The van der Waals surface area contributed by atoms with Crippen LogP contribution in [0.3, 0.4) is 0 Å². The number of aromatic nitrogens is 3. The lowest BCUT2D eigenvalue weighted by atomic mass is 9.78. The van der Waals surface area contributed by atoms with Gasteiger partial charge >= 0.3 is 0 Å². The van der Waals surface area contributed by atoms with E-state index < -0.39 is 0 Å². The molecule has 0 bridgehead atoms. The van der Waals surface area contributed by atoms with Crippen LogP contribution in [0.15, 0.2) is 47.9 Å². The van der Waals surface area contributed by atoms with Gasteiger partial charge in [0, 0.05) is 43.0 Å². The minimum absolute atomic E-state index is 0.0406. The third-order valence-corrected chi connectivity index (χ3v) is 5.83. The third-order valence-electron chi connectivity index (χ3n) is 5.83. The van der Waals surface area contributed by atoms with Crippen molar-refractivity contribution in [3.63, 3.8) is 0 Å². The minimum Gasteiger partial charge on any atom is -0.390 e. The summed E-state index contributed by atoms with van der Waals surface area (Å²) in [6, 6.07) is 8.70. The first-order chi connectivity index (χ1) is 15.1. The van der Waals surface area contributed by atoms with Crippen molar-refractivity contribution in [2.24, 2.45) is 5.16 Å². The van der Waals surface area contributed by atoms with Crippen molar-refractivity contribution in [3.8, 4) is 11.1 Å². The average molecular weight is 418 g/mol. The number of anilines is 1. The summed E-state index contributed by atoms with van der Waals surface area (Å²) >= 11 is 0. The number of aryl methyl sites for hydroxylation is 1. The maximum absolute atomic E-state index is 14.2. The highest BCUT2D eigenvalue weighted by Gasteiger charge is 2.31. The molecule has 8 heteroatoms. The van der Waals surface area contributed by atoms with Crippen LogP contribution in [0, 0.1) is 12.7 Å². The highest BCUT2D eigenvalue weighted by molar-refractivity contribution is 6.03. The van der Waals surface area contributed by atoms with E-state index in [2.05, 4.69) is 25.4 Å². The smallest absolute Gasteiger partial charge is 0.220 e. The number of nitrogen functional groups attached to an aromatic ring is 1. The van der Waals surface area contributed by atoms with Crippen molar-refractivity contribution in [3.05, 3.63) is 71.1 Å². The van der Waals surface area contributed by atoms with Gasteiger partial charge in [0.05, 0.1) is 17.1 Å². The first-order valence-electron chi connectivity index (χ1n) is 10.3. The van der Waals surface area contributed by atoms with Crippen molar-refractivity contribution in [2.75, 3.05) is 18.8 Å². The molecule has 1 atom stereocenters. The SMILES string of the molecule is Cc1nc(N)nc2c1C(=NOC1CNC1)C[C@@H](c1ccc(F)cc1-c1cccnc1)C2. The molecular weight excluding hydrogens is 395 g/mol. The van der Waals surface area contributed by atoms with Crippen molar-refractivity contribution in [2.45, 2.75) is 31.8 Å². The van der Waals surface area contributed by atoms with Gasteiger partial charge in [-0.3, -0.25) is 4.98 Å². The fourth-order valence-electron chi connectivity index (χ4n) is 4.25. The number of rotatable bonds is 4. The van der Waals surface area contributed by atoms with E-state index in [0.717, 1.165) is 52.4 Å². The van der Waals surface area contributed by atoms with Crippen LogP contribution in [0.2, 0.25) is 0 Å². The molecule has 1 saturated heterocycles. The van der Waals surface area contributed by atoms with Crippen molar-refractivity contribution in [1.29, 1.82) is 0 Å². The molecule has 31 heavy (non-hydrogen) atoms. The van der Waals surface area contributed by atoms with Gasteiger partial charge in [-0.25, -0.2) is 14.4 Å². The Morgan fingerprint density at radius 3 is 2.81 bits per heavy atom. The molecule has 0 unspecified atom stereocenters. The summed E-state index contributed by atoms with van der Waals surface area (Å²) in [6.45, 7) is 3.48. The second-order valence-corrected chi connectivity index (χ2v) is 7.99. The number of nitrogens with two attached hydrogens (primary N) is 1. The predicted molar refractivity (Wildman–Crippen MR) is 116 cm³/mol. The van der Waals surface area contributed by atoms with Gasteiger partial charge < -0.3 is 15.9 Å². The quantitative estimate of drug-likeness (QED) is 0.632. The molecule has 0 saturated carbocycles. The summed E-state index contributed by atoms with van der Waals surface area (Å²) in [5.74, 6) is 0.00163. The van der Waals surface area contributed by atoms with E-state index in [-0.39, 0.29) is 23.8 Å². The molecule has 1 aromatic carbocycles. The number of halogens is 1. The number of hydrogen-bond acceptors (Lipinski definition) is 7. The maximum Gasteiger partial charge on any atom is 0.220 e. The van der Waals surface area contributed by atoms with E-state index in [1.165, 1.54) is 6.07 Å². The van der Waals surface area contributed by atoms with Crippen LogP contribution in [0.1, 0.15) is 34.9 Å². The molecule has 3 N–H and O–H groups in total. The molecule has 0 radical (unpaired) electrons. The zero-order valence-corrected chi connectivity index (χ0v) is 17.2. The number of hydrogen-bond donors (Lipinski definition) is 2. The van der Waals surface area contributed by atoms with Gasteiger partial charge in [-0.2, -0.15) is 0 Å². The van der Waals surface area contributed by atoms with E-state index in [9.17, 15) is 4.39 Å². The number of fused-ring (bicyclic) bond motifs is 1. The Bertz CT molecular complexity index is 1150. The zero-order chi connectivity index (χ0) is 21.4. The summed E-state index contributed by atoms with van der Waals surface area (Å²) in [6.07, 6.45) is 4.83. The fraction of sp³-hybridized carbons (Fsp3) is 0.304. The van der Waals surface area contributed by atoms with Gasteiger partial charge in [0.2, 0.25) is 5.95 Å². The standard InChI is InChI=1S/C23H23FN6O/c1-13-22-20(29-23(25)28-13)7-15(8-21(22)30-31-17-11-27-12-17)18-5-4-16(24)9-19(18)14-3-2-6-26-10-14/h2-6,9-10,15,17,27H,7-8,11-12H2,1H3,(H2,25,28,29)/t15-/m0/s1. The minimum atomic E-state index is -0.282. The van der Waals surface area contributed by atoms with Gasteiger partial charge in [-0.15, -0.1) is 0 Å². The average Bonchev–Trinajstić information content (AvgIpc) is 2.72. The molecular formula is C23H23FN6O. The first-order valence-corrected chi connectivity index (χ1v) is 10.3. The van der Waals surface area contributed by atoms with Gasteiger partial charge in [0.25, 0.3) is 0 Å². The van der Waals surface area contributed by atoms with Crippen LogP contribution in [0.25, 0.3) is 11.1 Å². The molecule has 158 valence electrons. The Kier molecular flexibility index (Phi) is 5.07. The number of nitrogens with zero attached hydrogens (tertiary/aromatic N) is 4. The predicted octanol–water partition coefficient (Wildman–Crippen LogP) is 2.99. The molecule has 0 spiro atoms. The summed E-state index contributed by atoms with van der Waals surface area (Å²) in [5.41, 5.74) is 12.0. The summed E-state index contributed by atoms with van der Waals surface area (Å²) in [7, 11) is 0. The molecule has 2 aliphatic rings. The normalized spacial score (nSPS) is 19.7. The van der Waals surface area contributed by atoms with E-state index in [1.54, 1.807) is 18.5 Å². The van der Waals surface area contributed by atoms with E-state index in [1.807, 2.05) is 25.1 Å². The Balaban J connectivity index is 1.58. The Labute approximate surface area is 179 Å². The zero-order valence-electron chi connectivity index (χ0n) is 17.2. The van der Waals surface area contributed by atoms with E-state index in [4.69, 9.17) is 10.6 Å². The Morgan fingerprint density at radius 1 is 1.19 bits per heavy atom. The summed E-state index contributed by atoms with van der Waals surface area (Å²) in [4.78, 5) is 18.8. The largest absolute Gasteiger partial charge is 0.390 e. The van der Waals surface area contributed by atoms with Crippen LogP contribution in [0.5, 0.6) is 0 Å². The van der Waals surface area contributed by atoms with Gasteiger partial charge in [-0.1, -0.05) is 17.3 Å². The molecule has 5 rings (SSSR count). The lowest BCUT2D eigenvalue weighted by Crippen LogP contribution is -2.47. The van der Waals surface area contributed by atoms with Crippen LogP contribution < -0.4 is 11.1 Å². The molecule has 1 aliphatic carbocycles. The molecule has 1 fully saturated rings. The lowest BCUT2D eigenvalue weighted by molar-refractivity contribution is 0.0227. The summed E-state index contributed by atoms with van der Waals surface area (Å²) < 4.78 is 14.2. The van der Waals surface area contributed by atoms with Gasteiger partial charge in [0.15, 0.2) is 6.10 Å². The van der Waals surface area contributed by atoms with Crippen LogP contribution in [0.4, 0.5) is 10.3 Å². The number of oxime groups is 1. The van der Waals surface area contributed by atoms with Crippen LogP contribution in [-0.4, -0.2) is 39.9 Å². The van der Waals surface area contributed by atoms with E-state index >= 15 is 0 Å². The monoisotopic (exact) mass is 418 g/mol. The number of pyridine rings is 1. The third kappa shape index (κ3) is 3.86. The van der Waals surface area contributed by atoms with Crippen molar-refractivity contribution < 1.29 is 9.23 Å². The molecule has 0 amide bonds. The van der Waals surface area contributed by atoms with Crippen molar-refractivity contribution >= 4 is 11.7 Å². The second kappa shape index (κ2) is 8.03. The van der Waals surface area contributed by atoms with Crippen LogP contribution in [-0.2, 0) is 11.3 Å². The van der Waals surface area contributed by atoms with Gasteiger partial charge in [-0.05, 0) is 48.6 Å². The first kappa shape index (κ1) is 19.6. The number of benzene rings is 1. The van der Waals surface area contributed by atoms with E-state index in [0.29, 0.717) is 12.8 Å². The van der Waals surface area contributed by atoms with Crippen molar-refractivity contribution in [1.82, 2.24) is 20.3 Å². The topological polar surface area (TPSA) is 98.3 Å². The highest BCUT2D eigenvalue weighted by atomic mass is 19.1. The van der Waals surface area contributed by atoms with Crippen LogP contribution >= 0.6 is 0 Å². The second-order valence-electron chi connectivity index (χ2n) is 7.99. The number of nitrogens with one attached hydrogen (secondary N) is 1. The molecule has 7 nitrogen and oxygen atoms in total. The van der Waals surface area contributed by atoms with Gasteiger partial charge in [0.1, 0.15) is 5.82 Å². The lowest BCUT2D eigenvalue weighted by Gasteiger charge is -2.29. The molecule has 1 aliphatic heterocycles. The molecule has 2 aromatic heterocycles.